The quantitative estimate of drug-likeness (QED) is 0.677. The molecule has 3 heteroatoms. The highest BCUT2D eigenvalue weighted by atomic mass is 16.3. The lowest BCUT2D eigenvalue weighted by molar-refractivity contribution is 0.0725. The van der Waals surface area contributed by atoms with Crippen LogP contribution in [0.3, 0.4) is 0 Å². The van der Waals surface area contributed by atoms with Crippen molar-refractivity contribution in [1.82, 2.24) is 4.90 Å². The third-order valence-corrected chi connectivity index (χ3v) is 4.87. The molecule has 2 aromatic carbocycles. The Morgan fingerprint density at radius 3 is 2.62 bits per heavy atom. The number of carbonyl (C=O) groups is 1. The van der Waals surface area contributed by atoms with Gasteiger partial charge in [0.2, 0.25) is 0 Å². The summed E-state index contributed by atoms with van der Waals surface area (Å²) in [4.78, 5) is 14.9. The number of furan rings is 1. The van der Waals surface area contributed by atoms with E-state index in [4.69, 9.17) is 4.42 Å². The number of amides is 1. The van der Waals surface area contributed by atoms with Gasteiger partial charge in [-0.25, -0.2) is 0 Å². The van der Waals surface area contributed by atoms with Gasteiger partial charge in [0, 0.05) is 24.4 Å². The number of fused-ring (bicyclic) bond motifs is 1. The van der Waals surface area contributed by atoms with Crippen molar-refractivity contribution in [2.45, 2.75) is 25.2 Å². The first-order valence-electron chi connectivity index (χ1n) is 8.64. The second-order valence-corrected chi connectivity index (χ2v) is 6.50. The Bertz CT molecular complexity index is 804. The Kier molecular flexibility index (Phi) is 4.08. The fraction of sp³-hybridized carbons (Fsp3) is 0.286. The predicted octanol–water partition coefficient (Wildman–Crippen LogP) is 4.84. The van der Waals surface area contributed by atoms with Crippen molar-refractivity contribution < 1.29 is 9.21 Å². The van der Waals surface area contributed by atoms with Crippen LogP contribution < -0.4 is 0 Å². The fourth-order valence-electron chi connectivity index (χ4n) is 3.57. The van der Waals surface area contributed by atoms with Crippen molar-refractivity contribution in [1.29, 1.82) is 0 Å². The Morgan fingerprint density at radius 1 is 1.00 bits per heavy atom. The number of carbonyl (C=O) groups excluding carboxylic acids is 1. The first-order chi connectivity index (χ1) is 11.8. The smallest absolute Gasteiger partial charge is 0.289 e. The highest BCUT2D eigenvalue weighted by Crippen LogP contribution is 2.28. The SMILES string of the molecule is O=C(c1cc2ccccc2o1)N1CCCCC(c2ccccc2)C1. The van der Waals surface area contributed by atoms with Gasteiger partial charge in [-0.1, -0.05) is 55.0 Å². The van der Waals surface area contributed by atoms with Crippen LogP contribution in [0, 0.1) is 0 Å². The van der Waals surface area contributed by atoms with Gasteiger partial charge in [0.1, 0.15) is 5.58 Å². The van der Waals surface area contributed by atoms with Crippen LogP contribution in [-0.4, -0.2) is 23.9 Å². The summed E-state index contributed by atoms with van der Waals surface area (Å²) >= 11 is 0. The monoisotopic (exact) mass is 319 g/mol. The number of rotatable bonds is 2. The van der Waals surface area contributed by atoms with Crippen molar-refractivity contribution in [3.05, 3.63) is 72.0 Å². The van der Waals surface area contributed by atoms with Gasteiger partial charge < -0.3 is 9.32 Å². The van der Waals surface area contributed by atoms with Gasteiger partial charge in [0.25, 0.3) is 5.91 Å². The summed E-state index contributed by atoms with van der Waals surface area (Å²) in [6, 6.07) is 20.2. The van der Waals surface area contributed by atoms with E-state index in [1.807, 2.05) is 41.3 Å². The lowest BCUT2D eigenvalue weighted by atomic mass is 9.94. The number of benzene rings is 2. The molecule has 1 amide bonds. The van der Waals surface area contributed by atoms with Crippen LogP contribution >= 0.6 is 0 Å². The van der Waals surface area contributed by atoms with Gasteiger partial charge >= 0.3 is 0 Å². The fourth-order valence-corrected chi connectivity index (χ4v) is 3.57. The van der Waals surface area contributed by atoms with E-state index in [0.29, 0.717) is 11.7 Å². The molecule has 1 unspecified atom stereocenters. The third kappa shape index (κ3) is 2.94. The van der Waals surface area contributed by atoms with E-state index in [0.717, 1.165) is 43.3 Å². The molecule has 1 aliphatic rings. The zero-order valence-corrected chi connectivity index (χ0v) is 13.7. The Morgan fingerprint density at radius 2 is 1.79 bits per heavy atom. The summed E-state index contributed by atoms with van der Waals surface area (Å²) in [5, 5.41) is 0.982. The van der Waals surface area contributed by atoms with Crippen molar-refractivity contribution >= 4 is 16.9 Å². The molecule has 0 bridgehead atoms. The maximum atomic E-state index is 12.9. The molecular formula is C21H21NO2. The van der Waals surface area contributed by atoms with Crippen molar-refractivity contribution in [3.8, 4) is 0 Å². The summed E-state index contributed by atoms with van der Waals surface area (Å²) in [6.45, 7) is 1.57. The highest BCUT2D eigenvalue weighted by molar-refractivity contribution is 5.96. The Hall–Kier alpha value is -2.55. The molecule has 1 saturated heterocycles. The molecule has 0 spiro atoms. The minimum absolute atomic E-state index is 0.00836. The van der Waals surface area contributed by atoms with Gasteiger partial charge in [-0.3, -0.25) is 4.79 Å². The average Bonchev–Trinajstić information content (AvgIpc) is 2.91. The van der Waals surface area contributed by atoms with E-state index in [9.17, 15) is 4.79 Å². The standard InChI is InChI=1S/C21H21NO2/c23-21(20-14-17-10-4-5-12-19(17)24-20)22-13-7-6-11-18(15-22)16-8-2-1-3-9-16/h1-5,8-10,12,14,18H,6-7,11,13,15H2. The average molecular weight is 319 g/mol. The number of hydrogen-bond donors (Lipinski definition) is 0. The van der Waals surface area contributed by atoms with Crippen molar-refractivity contribution in [2.24, 2.45) is 0 Å². The van der Waals surface area contributed by atoms with E-state index in [1.54, 1.807) is 0 Å². The molecule has 122 valence electrons. The van der Waals surface area contributed by atoms with Crippen LogP contribution in [0.25, 0.3) is 11.0 Å². The topological polar surface area (TPSA) is 33.5 Å². The van der Waals surface area contributed by atoms with Crippen LogP contribution in [0.2, 0.25) is 0 Å². The third-order valence-electron chi connectivity index (χ3n) is 4.87. The molecule has 3 aromatic rings. The summed E-state index contributed by atoms with van der Waals surface area (Å²) in [7, 11) is 0. The molecule has 1 atom stereocenters. The normalized spacial score (nSPS) is 18.5. The van der Waals surface area contributed by atoms with Crippen molar-refractivity contribution in [2.75, 3.05) is 13.1 Å². The molecule has 24 heavy (non-hydrogen) atoms. The highest BCUT2D eigenvalue weighted by Gasteiger charge is 2.25. The van der Waals surface area contributed by atoms with E-state index in [1.165, 1.54) is 5.56 Å². The van der Waals surface area contributed by atoms with E-state index in [-0.39, 0.29) is 5.91 Å². The largest absolute Gasteiger partial charge is 0.451 e. The van der Waals surface area contributed by atoms with Gasteiger partial charge in [-0.15, -0.1) is 0 Å². The molecule has 0 aliphatic carbocycles. The number of nitrogens with zero attached hydrogens (tertiary/aromatic N) is 1. The molecule has 1 aliphatic heterocycles. The van der Waals surface area contributed by atoms with E-state index < -0.39 is 0 Å². The summed E-state index contributed by atoms with van der Waals surface area (Å²) in [5.41, 5.74) is 2.09. The molecule has 0 N–H and O–H groups in total. The summed E-state index contributed by atoms with van der Waals surface area (Å²) < 4.78 is 5.77. The molecule has 1 aromatic heterocycles. The minimum atomic E-state index is 0.00836. The molecule has 0 radical (unpaired) electrons. The first-order valence-corrected chi connectivity index (χ1v) is 8.64. The molecule has 2 heterocycles. The van der Waals surface area contributed by atoms with Gasteiger partial charge in [-0.2, -0.15) is 0 Å². The van der Waals surface area contributed by atoms with E-state index in [2.05, 4.69) is 24.3 Å². The number of para-hydroxylation sites is 1. The molecule has 1 fully saturated rings. The lowest BCUT2D eigenvalue weighted by Crippen LogP contribution is -2.33. The Labute approximate surface area is 141 Å². The molecule has 0 saturated carbocycles. The number of hydrogen-bond acceptors (Lipinski definition) is 2. The van der Waals surface area contributed by atoms with E-state index >= 15 is 0 Å². The second kappa shape index (κ2) is 6.52. The van der Waals surface area contributed by atoms with Crippen molar-refractivity contribution in [3.63, 3.8) is 0 Å². The van der Waals surface area contributed by atoms with Crippen LogP contribution in [0.4, 0.5) is 0 Å². The van der Waals surface area contributed by atoms with Gasteiger partial charge in [-0.05, 0) is 30.5 Å². The maximum absolute atomic E-state index is 12.9. The molecular weight excluding hydrogens is 298 g/mol. The number of likely N-dealkylation sites (tertiary alicyclic amines) is 1. The van der Waals surface area contributed by atoms with Crippen LogP contribution in [0.15, 0.2) is 65.1 Å². The molecule has 4 rings (SSSR count). The zero-order chi connectivity index (χ0) is 16.4. The van der Waals surface area contributed by atoms with Crippen LogP contribution in [0.1, 0.15) is 41.3 Å². The maximum Gasteiger partial charge on any atom is 0.289 e. The predicted molar refractivity (Wildman–Crippen MR) is 95.2 cm³/mol. The zero-order valence-electron chi connectivity index (χ0n) is 13.7. The van der Waals surface area contributed by atoms with Gasteiger partial charge in [0.15, 0.2) is 5.76 Å². The summed E-state index contributed by atoms with van der Waals surface area (Å²) in [5.74, 6) is 0.862. The van der Waals surface area contributed by atoms with Crippen LogP contribution in [-0.2, 0) is 0 Å². The van der Waals surface area contributed by atoms with Crippen LogP contribution in [0.5, 0.6) is 0 Å². The summed E-state index contributed by atoms with van der Waals surface area (Å²) in [6.07, 6.45) is 3.34. The lowest BCUT2D eigenvalue weighted by Gasteiger charge is -2.24. The van der Waals surface area contributed by atoms with Gasteiger partial charge in [0.05, 0.1) is 0 Å². The molecule has 3 nitrogen and oxygen atoms in total. The first kappa shape index (κ1) is 15.0. The minimum Gasteiger partial charge on any atom is -0.451 e. The Balaban J connectivity index is 1.58. The second-order valence-electron chi connectivity index (χ2n) is 6.50.